The van der Waals surface area contributed by atoms with E-state index >= 15 is 0 Å². The van der Waals surface area contributed by atoms with Crippen LogP contribution in [0, 0.1) is 0 Å². The summed E-state index contributed by atoms with van der Waals surface area (Å²) in [7, 11) is 1.58. The van der Waals surface area contributed by atoms with E-state index in [1.165, 1.54) is 0 Å². The third-order valence-electron chi connectivity index (χ3n) is 4.99. The number of rotatable bonds is 8. The summed E-state index contributed by atoms with van der Waals surface area (Å²) >= 11 is 0. The van der Waals surface area contributed by atoms with Crippen LogP contribution in [0.1, 0.15) is 6.92 Å². The number of hydrogen-bond acceptors (Lipinski definition) is 7. The van der Waals surface area contributed by atoms with Gasteiger partial charge in [-0.2, -0.15) is 0 Å². The molecule has 9 heteroatoms. The van der Waals surface area contributed by atoms with Crippen LogP contribution in [0.2, 0.25) is 0 Å². The average Bonchev–Trinajstić information content (AvgIpc) is 2.79. The van der Waals surface area contributed by atoms with E-state index in [0.29, 0.717) is 50.1 Å². The molecule has 0 aliphatic carbocycles. The van der Waals surface area contributed by atoms with Gasteiger partial charge in [0.15, 0.2) is 0 Å². The van der Waals surface area contributed by atoms with Gasteiger partial charge >= 0.3 is 0 Å². The number of hydrogen-bond donors (Lipinski definition) is 1. The van der Waals surface area contributed by atoms with Crippen molar-refractivity contribution in [2.75, 3.05) is 63.1 Å². The van der Waals surface area contributed by atoms with Crippen LogP contribution in [0.3, 0.4) is 0 Å². The van der Waals surface area contributed by atoms with Crippen molar-refractivity contribution >= 4 is 23.5 Å². The molecule has 2 heterocycles. The maximum atomic E-state index is 12.7. The SMILES string of the molecule is CCN(CC(=O)Nc1cccc(OC)c1)CC(=O)N1CCN(c2ncccn2)CC1. The quantitative estimate of drug-likeness (QED) is 0.694. The second-order valence-corrected chi connectivity index (χ2v) is 7.00. The number of nitrogens with one attached hydrogen (secondary N) is 1. The molecule has 0 unspecified atom stereocenters. The standard InChI is InChI=1S/C21H28N6O3/c1-3-25(15-19(28)24-17-6-4-7-18(14-17)30-2)16-20(29)26-10-12-27(13-11-26)21-22-8-5-9-23-21/h4-9,14H,3,10-13,15-16H2,1-2H3,(H,24,28). The van der Waals surface area contributed by atoms with Gasteiger partial charge in [0.2, 0.25) is 17.8 Å². The van der Waals surface area contributed by atoms with E-state index in [-0.39, 0.29) is 24.9 Å². The van der Waals surface area contributed by atoms with Crippen LogP contribution < -0.4 is 15.0 Å². The van der Waals surface area contributed by atoms with Gasteiger partial charge in [-0.3, -0.25) is 14.5 Å². The molecule has 2 amide bonds. The van der Waals surface area contributed by atoms with E-state index < -0.39 is 0 Å². The minimum absolute atomic E-state index is 0.0275. The number of piperazine rings is 1. The molecule has 1 aliphatic rings. The molecule has 1 aromatic heterocycles. The summed E-state index contributed by atoms with van der Waals surface area (Å²) < 4.78 is 5.17. The van der Waals surface area contributed by atoms with Gasteiger partial charge in [0, 0.05) is 50.3 Å². The lowest BCUT2D eigenvalue weighted by molar-refractivity contribution is -0.133. The van der Waals surface area contributed by atoms with Crippen LogP contribution in [0.4, 0.5) is 11.6 Å². The molecule has 1 aliphatic heterocycles. The Balaban J connectivity index is 1.47. The fourth-order valence-corrected chi connectivity index (χ4v) is 3.29. The summed E-state index contributed by atoms with van der Waals surface area (Å²) in [6, 6.07) is 8.98. The number of likely N-dealkylation sites (N-methyl/N-ethyl adjacent to an activating group) is 1. The second-order valence-electron chi connectivity index (χ2n) is 7.00. The van der Waals surface area contributed by atoms with Crippen molar-refractivity contribution in [3.05, 3.63) is 42.7 Å². The number of anilines is 2. The molecular weight excluding hydrogens is 384 g/mol. The van der Waals surface area contributed by atoms with Gasteiger partial charge in [0.25, 0.3) is 0 Å². The Hall–Kier alpha value is -3.20. The highest BCUT2D eigenvalue weighted by atomic mass is 16.5. The van der Waals surface area contributed by atoms with Crippen LogP contribution >= 0.6 is 0 Å². The molecule has 3 rings (SSSR count). The van der Waals surface area contributed by atoms with Gasteiger partial charge < -0.3 is 19.9 Å². The maximum absolute atomic E-state index is 12.7. The lowest BCUT2D eigenvalue weighted by Gasteiger charge is -2.35. The zero-order valence-corrected chi connectivity index (χ0v) is 17.5. The molecule has 160 valence electrons. The normalized spacial score (nSPS) is 14.0. The molecule has 1 aromatic carbocycles. The summed E-state index contributed by atoms with van der Waals surface area (Å²) in [6.07, 6.45) is 3.44. The molecule has 0 spiro atoms. The first kappa shape index (κ1) is 21.5. The molecule has 30 heavy (non-hydrogen) atoms. The Morgan fingerprint density at radius 2 is 1.83 bits per heavy atom. The number of aromatic nitrogens is 2. The largest absolute Gasteiger partial charge is 0.497 e. The van der Waals surface area contributed by atoms with E-state index in [9.17, 15) is 9.59 Å². The van der Waals surface area contributed by atoms with Crippen LogP contribution in [0.25, 0.3) is 0 Å². The number of carbonyl (C=O) groups is 2. The monoisotopic (exact) mass is 412 g/mol. The smallest absolute Gasteiger partial charge is 0.238 e. The van der Waals surface area contributed by atoms with E-state index in [2.05, 4.69) is 20.2 Å². The molecule has 9 nitrogen and oxygen atoms in total. The van der Waals surface area contributed by atoms with Gasteiger partial charge in [-0.05, 0) is 24.7 Å². The fraction of sp³-hybridized carbons (Fsp3) is 0.429. The predicted octanol–water partition coefficient (Wildman–Crippen LogP) is 1.09. The number of nitrogens with zero attached hydrogens (tertiary/aromatic N) is 5. The minimum atomic E-state index is -0.163. The van der Waals surface area contributed by atoms with Gasteiger partial charge in [-0.25, -0.2) is 9.97 Å². The topological polar surface area (TPSA) is 90.9 Å². The molecule has 0 radical (unpaired) electrons. The van der Waals surface area contributed by atoms with Crippen LogP contribution in [-0.2, 0) is 9.59 Å². The lowest BCUT2D eigenvalue weighted by Crippen LogP contribution is -2.52. The fourth-order valence-electron chi connectivity index (χ4n) is 3.29. The van der Waals surface area contributed by atoms with E-state index in [1.54, 1.807) is 37.7 Å². The zero-order chi connectivity index (χ0) is 21.3. The number of carbonyl (C=O) groups excluding carboxylic acids is 2. The first-order valence-corrected chi connectivity index (χ1v) is 10.0. The Kier molecular flexibility index (Phi) is 7.56. The Morgan fingerprint density at radius 1 is 1.10 bits per heavy atom. The second kappa shape index (κ2) is 10.5. The van der Waals surface area contributed by atoms with Crippen molar-refractivity contribution < 1.29 is 14.3 Å². The highest BCUT2D eigenvalue weighted by Gasteiger charge is 2.24. The van der Waals surface area contributed by atoms with Crippen molar-refractivity contribution in [3.63, 3.8) is 0 Å². The molecule has 0 saturated carbocycles. The number of methoxy groups -OCH3 is 1. The summed E-state index contributed by atoms with van der Waals surface area (Å²) in [5.74, 6) is 1.23. The van der Waals surface area contributed by atoms with Gasteiger partial charge in [-0.1, -0.05) is 13.0 Å². The summed E-state index contributed by atoms with van der Waals surface area (Å²) in [5.41, 5.74) is 0.668. The average molecular weight is 412 g/mol. The van der Waals surface area contributed by atoms with Crippen LogP contribution in [0.15, 0.2) is 42.7 Å². The van der Waals surface area contributed by atoms with E-state index in [4.69, 9.17) is 4.74 Å². The van der Waals surface area contributed by atoms with Crippen molar-refractivity contribution in [1.82, 2.24) is 19.8 Å². The van der Waals surface area contributed by atoms with Crippen LogP contribution in [0.5, 0.6) is 5.75 Å². The molecule has 0 atom stereocenters. The van der Waals surface area contributed by atoms with Gasteiger partial charge in [-0.15, -0.1) is 0 Å². The Labute approximate surface area is 176 Å². The third kappa shape index (κ3) is 5.90. The molecular formula is C21H28N6O3. The van der Waals surface area contributed by atoms with E-state index in [0.717, 1.165) is 0 Å². The molecule has 1 saturated heterocycles. The number of benzene rings is 1. The van der Waals surface area contributed by atoms with Gasteiger partial charge in [0.1, 0.15) is 5.75 Å². The molecule has 1 fully saturated rings. The molecule has 0 bridgehead atoms. The molecule has 1 N–H and O–H groups in total. The van der Waals surface area contributed by atoms with E-state index in [1.807, 2.05) is 28.9 Å². The first-order valence-electron chi connectivity index (χ1n) is 10.0. The van der Waals surface area contributed by atoms with Gasteiger partial charge in [0.05, 0.1) is 20.2 Å². The summed E-state index contributed by atoms with van der Waals surface area (Å²) in [5, 5.41) is 2.85. The zero-order valence-electron chi connectivity index (χ0n) is 17.5. The predicted molar refractivity (Wildman–Crippen MR) is 115 cm³/mol. The van der Waals surface area contributed by atoms with Crippen molar-refractivity contribution in [3.8, 4) is 5.75 Å². The minimum Gasteiger partial charge on any atom is -0.497 e. The van der Waals surface area contributed by atoms with Crippen molar-refractivity contribution in [2.45, 2.75) is 6.92 Å². The summed E-state index contributed by atoms with van der Waals surface area (Å²) in [4.78, 5) is 39.4. The Bertz CT molecular complexity index is 840. The van der Waals surface area contributed by atoms with Crippen molar-refractivity contribution in [1.29, 1.82) is 0 Å². The maximum Gasteiger partial charge on any atom is 0.238 e. The van der Waals surface area contributed by atoms with Crippen LogP contribution in [-0.4, -0.2) is 84.5 Å². The highest BCUT2D eigenvalue weighted by molar-refractivity contribution is 5.92. The first-order chi connectivity index (χ1) is 14.6. The summed E-state index contributed by atoms with van der Waals surface area (Å²) in [6.45, 7) is 5.53. The lowest BCUT2D eigenvalue weighted by atomic mass is 10.3. The Morgan fingerprint density at radius 3 is 2.50 bits per heavy atom. The highest BCUT2D eigenvalue weighted by Crippen LogP contribution is 2.16. The van der Waals surface area contributed by atoms with Crippen molar-refractivity contribution in [2.24, 2.45) is 0 Å². The third-order valence-corrected chi connectivity index (χ3v) is 4.99. The number of ether oxygens (including phenoxy) is 1. The number of amides is 2. The molecule has 2 aromatic rings.